The average molecular weight is 159 g/mol. The molecule has 1 heterocycles. The first-order valence-corrected chi connectivity index (χ1v) is 4.12. The maximum atomic E-state index is 9.04. The number of hydrogen-bond acceptors (Lipinski definition) is 3. The van der Waals surface area contributed by atoms with Crippen LogP contribution in [0.25, 0.3) is 0 Å². The van der Waals surface area contributed by atoms with Gasteiger partial charge in [0, 0.05) is 12.6 Å². The number of nitrogens with zero attached hydrogens (tertiary/aromatic N) is 1. The van der Waals surface area contributed by atoms with Gasteiger partial charge in [-0.1, -0.05) is 0 Å². The van der Waals surface area contributed by atoms with E-state index in [2.05, 4.69) is 11.8 Å². The summed E-state index contributed by atoms with van der Waals surface area (Å²) in [4.78, 5) is 2.15. The van der Waals surface area contributed by atoms with Gasteiger partial charge in [0.05, 0.1) is 18.8 Å². The third kappa shape index (κ3) is 1.41. The first kappa shape index (κ1) is 8.97. The van der Waals surface area contributed by atoms with E-state index in [0.717, 1.165) is 6.54 Å². The van der Waals surface area contributed by atoms with Gasteiger partial charge in [0.15, 0.2) is 0 Å². The molecule has 11 heavy (non-hydrogen) atoms. The highest BCUT2D eigenvalue weighted by Crippen LogP contribution is 2.26. The Hall–Kier alpha value is -0.120. The molecule has 0 amide bonds. The van der Waals surface area contributed by atoms with E-state index in [0.29, 0.717) is 6.04 Å². The van der Waals surface area contributed by atoms with E-state index >= 15 is 0 Å². The Kier molecular flexibility index (Phi) is 2.52. The zero-order chi connectivity index (χ0) is 8.48. The molecule has 2 N–H and O–H groups in total. The molecule has 0 radical (unpaired) electrons. The Labute approximate surface area is 67.6 Å². The molecule has 0 saturated carbocycles. The van der Waals surface area contributed by atoms with Crippen LogP contribution in [0.15, 0.2) is 0 Å². The van der Waals surface area contributed by atoms with Crippen LogP contribution in [0.1, 0.15) is 20.3 Å². The van der Waals surface area contributed by atoms with Gasteiger partial charge in [0.2, 0.25) is 0 Å². The maximum absolute atomic E-state index is 9.04. The van der Waals surface area contributed by atoms with Crippen molar-refractivity contribution in [2.45, 2.75) is 31.8 Å². The molecule has 1 rings (SSSR count). The van der Waals surface area contributed by atoms with Crippen LogP contribution in [-0.2, 0) is 0 Å². The van der Waals surface area contributed by atoms with Crippen LogP contribution < -0.4 is 0 Å². The number of hydrogen-bond donors (Lipinski definition) is 2. The Morgan fingerprint density at radius 2 is 2.00 bits per heavy atom. The lowest BCUT2D eigenvalue weighted by Crippen LogP contribution is -2.62. The van der Waals surface area contributed by atoms with Crippen molar-refractivity contribution < 1.29 is 10.2 Å². The van der Waals surface area contributed by atoms with Crippen LogP contribution in [0.5, 0.6) is 0 Å². The molecule has 1 unspecified atom stereocenters. The quantitative estimate of drug-likeness (QED) is 0.600. The van der Waals surface area contributed by atoms with Crippen LogP contribution in [-0.4, -0.2) is 46.5 Å². The van der Waals surface area contributed by atoms with Gasteiger partial charge < -0.3 is 10.2 Å². The standard InChI is InChI=1S/C8H17NO2/c1-7-3-4-9(7)8(2,5-10)6-11/h7,10-11H,3-6H2,1-2H3. The van der Waals surface area contributed by atoms with E-state index in [1.54, 1.807) is 0 Å². The van der Waals surface area contributed by atoms with Crippen molar-refractivity contribution in [3.8, 4) is 0 Å². The normalized spacial score (nSPS) is 26.7. The van der Waals surface area contributed by atoms with Crippen LogP contribution in [0, 0.1) is 0 Å². The Bertz CT molecular complexity index is 134. The van der Waals surface area contributed by atoms with Crippen LogP contribution in [0.2, 0.25) is 0 Å². The zero-order valence-corrected chi connectivity index (χ0v) is 7.25. The molecule has 0 aromatic heterocycles. The van der Waals surface area contributed by atoms with E-state index in [1.807, 2.05) is 6.92 Å². The number of aliphatic hydroxyl groups is 2. The van der Waals surface area contributed by atoms with Crippen LogP contribution in [0.3, 0.4) is 0 Å². The summed E-state index contributed by atoms with van der Waals surface area (Å²) < 4.78 is 0. The second-order valence-corrected chi connectivity index (χ2v) is 3.64. The Morgan fingerprint density at radius 1 is 1.45 bits per heavy atom. The molecule has 1 atom stereocenters. The lowest BCUT2D eigenvalue weighted by atomic mass is 9.92. The summed E-state index contributed by atoms with van der Waals surface area (Å²) in [6, 6.07) is 0.513. The molecule has 0 aromatic rings. The lowest BCUT2D eigenvalue weighted by Gasteiger charge is -2.49. The third-order valence-corrected chi connectivity index (χ3v) is 2.69. The molecule has 1 aliphatic rings. The topological polar surface area (TPSA) is 43.7 Å². The van der Waals surface area contributed by atoms with Gasteiger partial charge in [-0.05, 0) is 20.3 Å². The molecule has 0 bridgehead atoms. The van der Waals surface area contributed by atoms with Crippen molar-refractivity contribution in [2.24, 2.45) is 0 Å². The highest BCUT2D eigenvalue weighted by molar-refractivity contribution is 4.93. The van der Waals surface area contributed by atoms with E-state index in [-0.39, 0.29) is 13.2 Å². The Morgan fingerprint density at radius 3 is 2.09 bits per heavy atom. The van der Waals surface area contributed by atoms with Gasteiger partial charge in [-0.2, -0.15) is 0 Å². The number of likely N-dealkylation sites (tertiary alicyclic amines) is 1. The predicted molar refractivity (Wildman–Crippen MR) is 43.4 cm³/mol. The summed E-state index contributed by atoms with van der Waals surface area (Å²) >= 11 is 0. The van der Waals surface area contributed by atoms with Crippen molar-refractivity contribution in [1.82, 2.24) is 4.90 Å². The van der Waals surface area contributed by atoms with Gasteiger partial charge in [-0.25, -0.2) is 0 Å². The van der Waals surface area contributed by atoms with E-state index in [1.165, 1.54) is 6.42 Å². The fraction of sp³-hybridized carbons (Fsp3) is 1.00. The van der Waals surface area contributed by atoms with Gasteiger partial charge in [0.25, 0.3) is 0 Å². The molecule has 1 fully saturated rings. The number of rotatable bonds is 3. The monoisotopic (exact) mass is 159 g/mol. The summed E-state index contributed by atoms with van der Waals surface area (Å²) in [6.45, 7) is 5.08. The molecular formula is C8H17NO2. The summed E-state index contributed by atoms with van der Waals surface area (Å²) in [5, 5.41) is 18.1. The second kappa shape index (κ2) is 3.09. The van der Waals surface area contributed by atoms with E-state index in [9.17, 15) is 0 Å². The molecule has 3 nitrogen and oxygen atoms in total. The number of aliphatic hydroxyl groups excluding tert-OH is 2. The molecule has 0 aromatic carbocycles. The fourth-order valence-electron chi connectivity index (χ4n) is 1.55. The SMILES string of the molecule is CC1CCN1C(C)(CO)CO. The Balaban J connectivity index is 2.54. The average Bonchev–Trinajstić information content (AvgIpc) is 2.01. The molecule has 1 aliphatic heterocycles. The minimum Gasteiger partial charge on any atom is -0.394 e. The predicted octanol–water partition coefficient (Wildman–Crippen LogP) is -0.176. The minimum absolute atomic E-state index is 0.0356. The highest BCUT2D eigenvalue weighted by Gasteiger charge is 2.38. The summed E-state index contributed by atoms with van der Waals surface area (Å²) in [5.41, 5.74) is -0.405. The maximum Gasteiger partial charge on any atom is 0.0646 e. The zero-order valence-electron chi connectivity index (χ0n) is 7.25. The van der Waals surface area contributed by atoms with Crippen molar-refractivity contribution in [3.05, 3.63) is 0 Å². The van der Waals surface area contributed by atoms with Crippen LogP contribution >= 0.6 is 0 Å². The van der Waals surface area contributed by atoms with Gasteiger partial charge in [-0.15, -0.1) is 0 Å². The van der Waals surface area contributed by atoms with E-state index in [4.69, 9.17) is 10.2 Å². The molecule has 0 spiro atoms. The largest absolute Gasteiger partial charge is 0.394 e. The van der Waals surface area contributed by atoms with Crippen molar-refractivity contribution >= 4 is 0 Å². The highest BCUT2D eigenvalue weighted by atomic mass is 16.3. The molecule has 66 valence electrons. The first-order chi connectivity index (χ1) is 5.14. The lowest BCUT2D eigenvalue weighted by molar-refractivity contribution is -0.0673. The van der Waals surface area contributed by atoms with Crippen molar-refractivity contribution in [1.29, 1.82) is 0 Å². The van der Waals surface area contributed by atoms with Gasteiger partial charge in [0.1, 0.15) is 0 Å². The van der Waals surface area contributed by atoms with Gasteiger partial charge in [-0.3, -0.25) is 4.90 Å². The van der Waals surface area contributed by atoms with Gasteiger partial charge >= 0.3 is 0 Å². The summed E-state index contributed by atoms with van der Waals surface area (Å²) in [7, 11) is 0. The minimum atomic E-state index is -0.405. The first-order valence-electron chi connectivity index (χ1n) is 4.12. The summed E-state index contributed by atoms with van der Waals surface area (Å²) in [5.74, 6) is 0. The summed E-state index contributed by atoms with van der Waals surface area (Å²) in [6.07, 6.45) is 1.18. The van der Waals surface area contributed by atoms with E-state index < -0.39 is 5.54 Å². The fourth-order valence-corrected chi connectivity index (χ4v) is 1.55. The molecular weight excluding hydrogens is 142 g/mol. The smallest absolute Gasteiger partial charge is 0.0646 e. The molecule has 1 saturated heterocycles. The second-order valence-electron chi connectivity index (χ2n) is 3.64. The molecule has 0 aliphatic carbocycles. The van der Waals surface area contributed by atoms with Crippen LogP contribution in [0.4, 0.5) is 0 Å². The van der Waals surface area contributed by atoms with Crippen molar-refractivity contribution in [2.75, 3.05) is 19.8 Å². The third-order valence-electron chi connectivity index (χ3n) is 2.69. The van der Waals surface area contributed by atoms with Crippen molar-refractivity contribution in [3.63, 3.8) is 0 Å². The molecule has 3 heteroatoms.